The van der Waals surface area contributed by atoms with Crippen LogP contribution in [0, 0.1) is 0 Å². The Bertz CT molecular complexity index is 807. The maximum Gasteiger partial charge on any atom is 0.251 e. The molecule has 0 spiro atoms. The van der Waals surface area contributed by atoms with Crippen molar-refractivity contribution in [3.8, 4) is 11.5 Å². The first-order valence-electron chi connectivity index (χ1n) is 7.72. The van der Waals surface area contributed by atoms with E-state index in [2.05, 4.69) is 31.8 Å². The molecule has 2 aromatic carbocycles. The average Bonchev–Trinajstić information content (AvgIpc) is 2.64. The van der Waals surface area contributed by atoms with Crippen molar-refractivity contribution < 1.29 is 19.4 Å². The van der Waals surface area contributed by atoms with Gasteiger partial charge in [0, 0.05) is 18.5 Å². The maximum atomic E-state index is 11.9. The molecule has 0 atom stereocenters. The van der Waals surface area contributed by atoms with Crippen LogP contribution in [0.1, 0.15) is 22.3 Å². The first kappa shape index (κ1) is 19.5. The normalized spacial score (nSPS) is 10.5. The molecule has 0 aromatic heterocycles. The number of nitrogens with one attached hydrogen (secondary N) is 2. The number of ether oxygens (including phenoxy) is 1. The summed E-state index contributed by atoms with van der Waals surface area (Å²) in [4.78, 5) is 23.7. The van der Waals surface area contributed by atoms with E-state index >= 15 is 0 Å². The van der Waals surface area contributed by atoms with Crippen LogP contribution in [0.15, 0.2) is 52.0 Å². The summed E-state index contributed by atoms with van der Waals surface area (Å²) in [5.41, 5.74) is 3.58. The molecular weight excluding hydrogens is 402 g/mol. The minimum Gasteiger partial charge on any atom is -0.507 e. The van der Waals surface area contributed by atoms with Crippen LogP contribution in [0.2, 0.25) is 0 Å². The Kier molecular flexibility index (Phi) is 7.16. The third-order valence-corrected chi connectivity index (χ3v) is 4.00. The van der Waals surface area contributed by atoms with Crippen molar-refractivity contribution in [1.82, 2.24) is 10.7 Å². The van der Waals surface area contributed by atoms with E-state index in [1.807, 2.05) is 0 Å². The second-order valence-corrected chi connectivity index (χ2v) is 6.09. The summed E-state index contributed by atoms with van der Waals surface area (Å²) in [5, 5.41) is 15.9. The van der Waals surface area contributed by atoms with Crippen LogP contribution in [-0.4, -0.2) is 36.8 Å². The minimum absolute atomic E-state index is 0.0957. The van der Waals surface area contributed by atoms with E-state index in [0.717, 1.165) is 0 Å². The highest BCUT2D eigenvalue weighted by atomic mass is 79.9. The standard InChI is InChI=1S/C18H18BrN3O4/c1-26-14-5-3-13(4-6-14)18(25)20-9-8-17(24)22-21-11-12-2-7-16(23)15(19)10-12/h2-7,10-11,23H,8-9H2,1H3,(H,20,25)(H,22,24)/b21-11+. The lowest BCUT2D eigenvalue weighted by atomic mass is 10.2. The lowest BCUT2D eigenvalue weighted by Crippen LogP contribution is -2.29. The highest BCUT2D eigenvalue weighted by Gasteiger charge is 2.06. The number of benzene rings is 2. The Morgan fingerprint density at radius 3 is 2.62 bits per heavy atom. The van der Waals surface area contributed by atoms with Gasteiger partial charge in [0.15, 0.2) is 0 Å². The predicted octanol–water partition coefficient (Wildman–Crippen LogP) is 2.43. The number of carbonyl (C=O) groups is 2. The molecule has 8 heteroatoms. The van der Waals surface area contributed by atoms with Gasteiger partial charge < -0.3 is 15.2 Å². The van der Waals surface area contributed by atoms with Gasteiger partial charge in [-0.25, -0.2) is 5.43 Å². The van der Waals surface area contributed by atoms with Crippen molar-refractivity contribution in [1.29, 1.82) is 0 Å². The fourth-order valence-electron chi connectivity index (χ4n) is 1.97. The number of halogens is 1. The molecule has 0 saturated heterocycles. The molecule has 136 valence electrons. The van der Waals surface area contributed by atoms with Gasteiger partial charge in [0.05, 0.1) is 17.8 Å². The number of hydrazone groups is 1. The van der Waals surface area contributed by atoms with E-state index in [1.165, 1.54) is 12.3 Å². The molecule has 0 fully saturated rings. The van der Waals surface area contributed by atoms with E-state index in [0.29, 0.717) is 21.3 Å². The lowest BCUT2D eigenvalue weighted by molar-refractivity contribution is -0.120. The number of hydrogen-bond donors (Lipinski definition) is 3. The predicted molar refractivity (Wildman–Crippen MR) is 101 cm³/mol. The number of rotatable bonds is 7. The summed E-state index contributed by atoms with van der Waals surface area (Å²) in [6.07, 6.45) is 1.55. The molecule has 0 bridgehead atoms. The van der Waals surface area contributed by atoms with Crippen LogP contribution in [0.5, 0.6) is 11.5 Å². The fourth-order valence-corrected chi connectivity index (χ4v) is 2.37. The molecule has 26 heavy (non-hydrogen) atoms. The SMILES string of the molecule is COc1ccc(C(=O)NCCC(=O)N/N=C/c2ccc(O)c(Br)c2)cc1. The van der Waals surface area contributed by atoms with Crippen LogP contribution in [0.3, 0.4) is 0 Å². The van der Waals surface area contributed by atoms with Crippen molar-refractivity contribution in [2.75, 3.05) is 13.7 Å². The molecule has 0 unspecified atom stereocenters. The lowest BCUT2D eigenvalue weighted by Gasteiger charge is -2.05. The van der Waals surface area contributed by atoms with Crippen molar-refractivity contribution >= 4 is 34.0 Å². The van der Waals surface area contributed by atoms with Crippen molar-refractivity contribution in [3.63, 3.8) is 0 Å². The number of methoxy groups -OCH3 is 1. The van der Waals surface area contributed by atoms with Crippen LogP contribution in [0.4, 0.5) is 0 Å². The zero-order chi connectivity index (χ0) is 18.9. The molecule has 2 rings (SSSR count). The number of aromatic hydroxyl groups is 1. The van der Waals surface area contributed by atoms with Crippen molar-refractivity contribution in [3.05, 3.63) is 58.1 Å². The van der Waals surface area contributed by atoms with Crippen LogP contribution < -0.4 is 15.5 Å². The number of phenolic OH excluding ortho intramolecular Hbond substituents is 1. The molecule has 0 aliphatic heterocycles. The third-order valence-electron chi connectivity index (χ3n) is 3.36. The molecule has 2 aromatic rings. The van der Waals surface area contributed by atoms with Crippen LogP contribution in [0.25, 0.3) is 0 Å². The molecular formula is C18H18BrN3O4. The topological polar surface area (TPSA) is 100 Å². The van der Waals surface area contributed by atoms with E-state index in [-0.39, 0.29) is 30.5 Å². The maximum absolute atomic E-state index is 11.9. The van der Waals surface area contributed by atoms with Gasteiger partial charge in [-0.2, -0.15) is 5.10 Å². The van der Waals surface area contributed by atoms with Gasteiger partial charge in [-0.05, 0) is 64.0 Å². The van der Waals surface area contributed by atoms with E-state index < -0.39 is 0 Å². The second-order valence-electron chi connectivity index (χ2n) is 5.24. The van der Waals surface area contributed by atoms with Gasteiger partial charge in [-0.3, -0.25) is 9.59 Å². The first-order chi connectivity index (χ1) is 12.5. The van der Waals surface area contributed by atoms with Crippen molar-refractivity contribution in [2.45, 2.75) is 6.42 Å². The van der Waals surface area contributed by atoms with Crippen molar-refractivity contribution in [2.24, 2.45) is 5.10 Å². The quantitative estimate of drug-likeness (QED) is 0.473. The Balaban J connectivity index is 1.73. The van der Waals surface area contributed by atoms with Crippen LogP contribution >= 0.6 is 15.9 Å². The summed E-state index contributed by atoms with van der Waals surface area (Å²) in [6, 6.07) is 11.5. The average molecular weight is 420 g/mol. The smallest absolute Gasteiger partial charge is 0.251 e. The minimum atomic E-state index is -0.325. The first-order valence-corrected chi connectivity index (χ1v) is 8.51. The Morgan fingerprint density at radius 1 is 1.23 bits per heavy atom. The third kappa shape index (κ3) is 5.89. The number of nitrogens with zero attached hydrogens (tertiary/aromatic N) is 1. The summed E-state index contributed by atoms with van der Waals surface area (Å²) in [7, 11) is 1.55. The summed E-state index contributed by atoms with van der Waals surface area (Å²) in [6.45, 7) is 0.191. The van der Waals surface area contributed by atoms with Gasteiger partial charge in [-0.15, -0.1) is 0 Å². The van der Waals surface area contributed by atoms with Gasteiger partial charge >= 0.3 is 0 Å². The van der Waals surface area contributed by atoms with E-state index in [1.54, 1.807) is 43.5 Å². The molecule has 0 aliphatic carbocycles. The Morgan fingerprint density at radius 2 is 1.96 bits per heavy atom. The van der Waals surface area contributed by atoms with Gasteiger partial charge in [0.1, 0.15) is 11.5 Å². The van der Waals surface area contributed by atoms with E-state index in [9.17, 15) is 14.7 Å². The highest BCUT2D eigenvalue weighted by Crippen LogP contribution is 2.23. The van der Waals surface area contributed by atoms with E-state index in [4.69, 9.17) is 4.74 Å². The number of phenols is 1. The summed E-state index contributed by atoms with van der Waals surface area (Å²) >= 11 is 3.20. The molecule has 7 nitrogen and oxygen atoms in total. The van der Waals surface area contributed by atoms with Crippen LogP contribution in [-0.2, 0) is 4.79 Å². The summed E-state index contributed by atoms with van der Waals surface area (Å²) < 4.78 is 5.57. The van der Waals surface area contributed by atoms with Gasteiger partial charge in [0.2, 0.25) is 5.91 Å². The molecule has 3 N–H and O–H groups in total. The molecule has 0 heterocycles. The zero-order valence-corrected chi connectivity index (χ0v) is 15.6. The summed E-state index contributed by atoms with van der Waals surface area (Å²) in [5.74, 6) is 0.199. The Hall–Kier alpha value is -2.87. The Labute approximate surface area is 159 Å². The molecule has 0 radical (unpaired) electrons. The second kappa shape index (κ2) is 9.57. The largest absolute Gasteiger partial charge is 0.507 e. The number of carbonyl (C=O) groups excluding carboxylic acids is 2. The zero-order valence-electron chi connectivity index (χ0n) is 14.0. The highest BCUT2D eigenvalue weighted by molar-refractivity contribution is 9.10. The van der Waals surface area contributed by atoms with Gasteiger partial charge in [0.25, 0.3) is 5.91 Å². The molecule has 0 saturated carbocycles. The molecule has 2 amide bonds. The number of hydrogen-bond acceptors (Lipinski definition) is 5. The number of amides is 2. The molecule has 0 aliphatic rings. The van der Waals surface area contributed by atoms with Gasteiger partial charge in [-0.1, -0.05) is 0 Å². The fraction of sp³-hybridized carbons (Fsp3) is 0.167. The monoisotopic (exact) mass is 419 g/mol.